The lowest BCUT2D eigenvalue weighted by Gasteiger charge is -2.02. The summed E-state index contributed by atoms with van der Waals surface area (Å²) in [7, 11) is 0. The van der Waals surface area contributed by atoms with Crippen LogP contribution < -0.4 is 5.73 Å². The van der Waals surface area contributed by atoms with E-state index in [1.807, 2.05) is 6.92 Å². The zero-order valence-electron chi connectivity index (χ0n) is 9.36. The predicted molar refractivity (Wildman–Crippen MR) is 62.4 cm³/mol. The van der Waals surface area contributed by atoms with Gasteiger partial charge in [-0.2, -0.15) is 0 Å². The Morgan fingerprint density at radius 1 is 1.62 bits per heavy atom. The molecule has 2 rings (SSSR count). The average molecular weight is 240 g/mol. The first kappa shape index (κ1) is 11.5. The summed E-state index contributed by atoms with van der Waals surface area (Å²) in [4.78, 5) is 16.5. The monoisotopic (exact) mass is 240 g/mol. The molecule has 0 saturated heterocycles. The number of ether oxygens (including phenoxy) is 1. The van der Waals surface area contributed by atoms with E-state index in [0.29, 0.717) is 18.0 Å². The molecule has 5 heteroatoms. The summed E-state index contributed by atoms with van der Waals surface area (Å²) in [5.74, 6) is 0.533. The summed E-state index contributed by atoms with van der Waals surface area (Å²) in [5.41, 5.74) is 6.20. The molecule has 0 aliphatic heterocycles. The van der Waals surface area contributed by atoms with Crippen LogP contribution in [0.1, 0.15) is 39.6 Å². The van der Waals surface area contributed by atoms with E-state index in [1.165, 1.54) is 24.2 Å². The van der Waals surface area contributed by atoms with Crippen LogP contribution in [0.15, 0.2) is 0 Å². The quantitative estimate of drug-likeness (QED) is 0.798. The molecule has 4 nitrogen and oxygen atoms in total. The molecule has 1 aliphatic rings. The van der Waals surface area contributed by atoms with Gasteiger partial charge in [0, 0.05) is 6.54 Å². The van der Waals surface area contributed by atoms with Crippen molar-refractivity contribution in [3.63, 3.8) is 0 Å². The molecule has 1 aliphatic carbocycles. The van der Waals surface area contributed by atoms with E-state index in [0.717, 1.165) is 23.0 Å². The van der Waals surface area contributed by atoms with E-state index in [4.69, 9.17) is 10.5 Å². The molecule has 1 fully saturated rings. The highest BCUT2D eigenvalue weighted by Crippen LogP contribution is 2.32. The Kier molecular flexibility index (Phi) is 3.56. The predicted octanol–water partition coefficient (Wildman–Crippen LogP) is 1.87. The smallest absolute Gasteiger partial charge is 0.350 e. The third-order valence-corrected chi connectivity index (χ3v) is 3.82. The van der Waals surface area contributed by atoms with Gasteiger partial charge in [-0.1, -0.05) is 12.8 Å². The lowest BCUT2D eigenvalue weighted by molar-refractivity contribution is 0.0499. The van der Waals surface area contributed by atoms with E-state index < -0.39 is 0 Å². The molecule has 0 atom stereocenters. The minimum atomic E-state index is -0.254. The normalized spacial score (nSPS) is 15.1. The van der Waals surface area contributed by atoms with Crippen LogP contribution in [0.2, 0.25) is 0 Å². The van der Waals surface area contributed by atoms with Crippen molar-refractivity contribution < 1.29 is 9.53 Å². The number of nitrogens with zero attached hydrogens (tertiary/aromatic N) is 1. The van der Waals surface area contributed by atoms with Crippen molar-refractivity contribution in [2.75, 3.05) is 6.61 Å². The molecular formula is C11H16N2O2S. The lowest BCUT2D eigenvalue weighted by atomic mass is 10.3. The summed E-state index contributed by atoms with van der Waals surface area (Å²) < 4.78 is 5.21. The van der Waals surface area contributed by atoms with Gasteiger partial charge in [0.2, 0.25) is 0 Å². The number of aromatic nitrogens is 1. The van der Waals surface area contributed by atoms with Crippen LogP contribution in [0.4, 0.5) is 0 Å². The number of esters is 1. The molecule has 88 valence electrons. The van der Waals surface area contributed by atoms with E-state index in [-0.39, 0.29) is 5.97 Å². The molecule has 1 aromatic rings. The van der Waals surface area contributed by atoms with Crippen LogP contribution >= 0.6 is 11.3 Å². The van der Waals surface area contributed by atoms with E-state index in [9.17, 15) is 4.79 Å². The van der Waals surface area contributed by atoms with Crippen molar-refractivity contribution in [1.29, 1.82) is 0 Å². The Bertz CT molecular complexity index is 385. The number of carbonyl (C=O) groups excluding carboxylic acids is 1. The number of thiazole rings is 1. The summed E-state index contributed by atoms with van der Waals surface area (Å²) >= 11 is 1.33. The second-order valence-electron chi connectivity index (χ2n) is 4.09. The molecule has 0 aromatic carbocycles. The first-order valence-corrected chi connectivity index (χ1v) is 6.36. The zero-order chi connectivity index (χ0) is 11.5. The Hall–Kier alpha value is -0.940. The first-order valence-electron chi connectivity index (χ1n) is 5.54. The summed E-state index contributed by atoms with van der Waals surface area (Å²) in [6, 6.07) is 0. The fraction of sp³-hybridized carbons (Fsp3) is 0.636. The number of nitrogens with two attached hydrogens (primary N) is 1. The lowest BCUT2D eigenvalue weighted by Crippen LogP contribution is -2.06. The SMILES string of the molecule is Cc1nc(CN)sc1C(=O)OCCC1CC1. The molecule has 0 radical (unpaired) electrons. The molecule has 1 saturated carbocycles. The fourth-order valence-electron chi connectivity index (χ4n) is 1.52. The molecule has 2 N–H and O–H groups in total. The zero-order valence-corrected chi connectivity index (χ0v) is 10.2. The standard InChI is InChI=1S/C11H16N2O2S/c1-7-10(16-9(6-12)13-7)11(14)15-5-4-8-2-3-8/h8H,2-6,12H2,1H3. The molecular weight excluding hydrogens is 224 g/mol. The molecule has 0 amide bonds. The number of carbonyl (C=O) groups is 1. The summed E-state index contributed by atoms with van der Waals surface area (Å²) in [5, 5.41) is 0.784. The van der Waals surface area contributed by atoms with Gasteiger partial charge in [-0.15, -0.1) is 11.3 Å². The van der Waals surface area contributed by atoms with Gasteiger partial charge < -0.3 is 10.5 Å². The Morgan fingerprint density at radius 2 is 2.38 bits per heavy atom. The highest BCUT2D eigenvalue weighted by atomic mass is 32.1. The second kappa shape index (κ2) is 4.93. The topological polar surface area (TPSA) is 65.2 Å². The van der Waals surface area contributed by atoms with Gasteiger partial charge in [0.1, 0.15) is 9.88 Å². The van der Waals surface area contributed by atoms with Gasteiger partial charge in [-0.3, -0.25) is 0 Å². The Morgan fingerprint density at radius 3 is 2.94 bits per heavy atom. The number of hydrogen-bond donors (Lipinski definition) is 1. The minimum Gasteiger partial charge on any atom is -0.461 e. The van der Waals surface area contributed by atoms with Crippen LogP contribution in [0.3, 0.4) is 0 Å². The Balaban J connectivity index is 1.88. The maximum absolute atomic E-state index is 11.7. The third kappa shape index (κ3) is 2.80. The molecule has 1 heterocycles. The van der Waals surface area contributed by atoms with Crippen molar-refractivity contribution in [1.82, 2.24) is 4.98 Å². The molecule has 0 spiro atoms. The van der Waals surface area contributed by atoms with Gasteiger partial charge in [0.05, 0.1) is 12.3 Å². The van der Waals surface area contributed by atoms with Gasteiger partial charge in [0.25, 0.3) is 0 Å². The van der Waals surface area contributed by atoms with E-state index >= 15 is 0 Å². The third-order valence-electron chi connectivity index (χ3n) is 2.66. The van der Waals surface area contributed by atoms with Crippen molar-refractivity contribution in [2.45, 2.75) is 32.7 Å². The van der Waals surface area contributed by atoms with Gasteiger partial charge in [-0.05, 0) is 19.3 Å². The van der Waals surface area contributed by atoms with Crippen molar-refractivity contribution in [3.8, 4) is 0 Å². The summed E-state index contributed by atoms with van der Waals surface area (Å²) in [6.45, 7) is 2.72. The minimum absolute atomic E-state index is 0.254. The van der Waals surface area contributed by atoms with Gasteiger partial charge in [-0.25, -0.2) is 9.78 Å². The average Bonchev–Trinajstić information content (AvgIpc) is 3.00. The fourth-order valence-corrected chi connectivity index (χ4v) is 2.36. The van der Waals surface area contributed by atoms with E-state index in [2.05, 4.69) is 4.98 Å². The maximum atomic E-state index is 11.7. The van der Waals surface area contributed by atoms with Crippen molar-refractivity contribution >= 4 is 17.3 Å². The van der Waals surface area contributed by atoms with Crippen LogP contribution in [0.5, 0.6) is 0 Å². The van der Waals surface area contributed by atoms with Crippen LogP contribution in [-0.2, 0) is 11.3 Å². The molecule has 16 heavy (non-hydrogen) atoms. The molecule has 0 bridgehead atoms. The number of aryl methyl sites for hydroxylation is 1. The maximum Gasteiger partial charge on any atom is 0.350 e. The number of rotatable bonds is 5. The van der Waals surface area contributed by atoms with Gasteiger partial charge in [0.15, 0.2) is 0 Å². The second-order valence-corrected chi connectivity index (χ2v) is 5.18. The Labute approximate surface area is 98.8 Å². The largest absolute Gasteiger partial charge is 0.461 e. The van der Waals surface area contributed by atoms with Crippen molar-refractivity contribution in [3.05, 3.63) is 15.6 Å². The highest BCUT2D eigenvalue weighted by molar-refractivity contribution is 7.13. The molecule has 1 aromatic heterocycles. The highest BCUT2D eigenvalue weighted by Gasteiger charge is 2.22. The van der Waals surface area contributed by atoms with Crippen LogP contribution in [0.25, 0.3) is 0 Å². The van der Waals surface area contributed by atoms with Crippen LogP contribution in [0, 0.1) is 12.8 Å². The van der Waals surface area contributed by atoms with Crippen molar-refractivity contribution in [2.24, 2.45) is 11.7 Å². The van der Waals surface area contributed by atoms with Crippen LogP contribution in [-0.4, -0.2) is 17.6 Å². The first-order chi connectivity index (χ1) is 7.70. The number of hydrogen-bond acceptors (Lipinski definition) is 5. The van der Waals surface area contributed by atoms with E-state index in [1.54, 1.807) is 0 Å². The van der Waals surface area contributed by atoms with Gasteiger partial charge >= 0.3 is 5.97 Å². The molecule has 0 unspecified atom stereocenters. The summed E-state index contributed by atoms with van der Waals surface area (Å²) in [6.07, 6.45) is 3.57.